The monoisotopic (exact) mass is 158 g/mol. The summed E-state index contributed by atoms with van der Waals surface area (Å²) in [4.78, 5) is 0. The molecule has 1 aromatic rings. The van der Waals surface area contributed by atoms with Crippen molar-refractivity contribution in [1.82, 2.24) is 0 Å². The van der Waals surface area contributed by atoms with Crippen molar-refractivity contribution < 1.29 is 2.74 Å². The molecule has 0 fully saturated rings. The highest BCUT2D eigenvalue weighted by Crippen LogP contribution is 2.20. The molecule has 0 radical (unpaired) electrons. The Balaban J connectivity index is 2.25. The van der Waals surface area contributed by atoms with Gasteiger partial charge in [0.05, 0.1) is 0 Å². The summed E-state index contributed by atoms with van der Waals surface area (Å²) >= 11 is 0. The Morgan fingerprint density at radius 1 is 1.17 bits per heavy atom. The molecule has 12 heavy (non-hydrogen) atoms. The average Bonchev–Trinajstić information content (AvgIpc) is 2.19. The molecule has 1 aromatic carbocycles. The van der Waals surface area contributed by atoms with Crippen LogP contribution in [0.25, 0.3) is 5.57 Å². The molecule has 0 unspecified atom stereocenters. The van der Waals surface area contributed by atoms with Crippen LogP contribution in [-0.4, -0.2) is 0 Å². The van der Waals surface area contributed by atoms with Crippen LogP contribution < -0.4 is 0 Å². The molecule has 60 valence electrons. The molecule has 0 heteroatoms. The highest BCUT2D eigenvalue weighted by Gasteiger charge is 1.98. The van der Waals surface area contributed by atoms with Crippen LogP contribution in [0.5, 0.6) is 0 Å². The standard InChI is InChI=1S/C12H12/c1-3-7-11(8-4-1)12-9-5-2-6-10-12/h1,3-5,7-10H,2,6H2/i2D2. The minimum Gasteiger partial charge on any atom is -0.0836 e. The van der Waals surface area contributed by atoms with Gasteiger partial charge < -0.3 is 0 Å². The molecule has 0 bridgehead atoms. The van der Waals surface area contributed by atoms with Crippen LogP contribution >= 0.6 is 0 Å². The summed E-state index contributed by atoms with van der Waals surface area (Å²) in [6, 6.07) is 10.0. The SMILES string of the molecule is [2H]C1([2H])C=CC(c2ccccc2)=CC1. The van der Waals surface area contributed by atoms with Gasteiger partial charge in [-0.3, -0.25) is 0 Å². The largest absolute Gasteiger partial charge is 0.0836 e. The van der Waals surface area contributed by atoms with Crippen molar-refractivity contribution in [2.45, 2.75) is 12.8 Å². The lowest BCUT2D eigenvalue weighted by molar-refractivity contribution is 1.04. The van der Waals surface area contributed by atoms with Gasteiger partial charge >= 0.3 is 0 Å². The second-order valence-electron chi connectivity index (χ2n) is 2.77. The van der Waals surface area contributed by atoms with Gasteiger partial charge in [0.15, 0.2) is 0 Å². The van der Waals surface area contributed by atoms with Crippen molar-refractivity contribution in [3.8, 4) is 0 Å². The van der Waals surface area contributed by atoms with Crippen molar-refractivity contribution in [2.75, 3.05) is 0 Å². The third-order valence-corrected chi connectivity index (χ3v) is 1.93. The molecule has 0 aromatic heterocycles. The maximum absolute atomic E-state index is 7.51. The van der Waals surface area contributed by atoms with Gasteiger partial charge in [0.25, 0.3) is 0 Å². The summed E-state index contributed by atoms with van der Waals surface area (Å²) in [5.41, 5.74) is 2.26. The summed E-state index contributed by atoms with van der Waals surface area (Å²) in [5.74, 6) is 0. The van der Waals surface area contributed by atoms with E-state index < -0.39 is 6.37 Å². The zero-order valence-corrected chi connectivity index (χ0v) is 6.83. The number of benzene rings is 1. The normalized spacial score (nSPS) is 22.5. The van der Waals surface area contributed by atoms with E-state index in [2.05, 4.69) is 0 Å². The Kier molecular flexibility index (Phi) is 1.52. The average molecular weight is 158 g/mol. The highest BCUT2D eigenvalue weighted by molar-refractivity contribution is 5.74. The quantitative estimate of drug-likeness (QED) is 0.587. The molecular weight excluding hydrogens is 144 g/mol. The predicted octanol–water partition coefficient (Wildman–Crippen LogP) is 3.42. The Morgan fingerprint density at radius 2 is 2.00 bits per heavy atom. The second-order valence-corrected chi connectivity index (χ2v) is 2.77. The molecule has 0 amide bonds. The molecule has 0 saturated carbocycles. The maximum atomic E-state index is 7.51. The second kappa shape index (κ2) is 3.40. The fraction of sp³-hybridized carbons (Fsp3) is 0.167. The fourth-order valence-corrected chi connectivity index (χ4v) is 1.30. The molecule has 0 spiro atoms. The van der Waals surface area contributed by atoms with Crippen LogP contribution in [0.2, 0.25) is 0 Å². The number of hydrogen-bond acceptors (Lipinski definition) is 0. The van der Waals surface area contributed by atoms with Gasteiger partial charge in [-0.25, -0.2) is 0 Å². The van der Waals surface area contributed by atoms with Gasteiger partial charge in [0.2, 0.25) is 0 Å². The first-order valence-corrected chi connectivity index (χ1v) is 4.12. The first-order valence-electron chi connectivity index (χ1n) is 5.12. The van der Waals surface area contributed by atoms with Gasteiger partial charge in [0, 0.05) is 2.74 Å². The van der Waals surface area contributed by atoms with E-state index in [0.717, 1.165) is 11.1 Å². The molecule has 0 N–H and O–H groups in total. The van der Waals surface area contributed by atoms with Crippen LogP contribution in [0, 0.1) is 0 Å². The van der Waals surface area contributed by atoms with Gasteiger partial charge in [-0.2, -0.15) is 0 Å². The van der Waals surface area contributed by atoms with E-state index in [9.17, 15) is 0 Å². The van der Waals surface area contributed by atoms with E-state index >= 15 is 0 Å². The van der Waals surface area contributed by atoms with Crippen LogP contribution in [0.15, 0.2) is 48.6 Å². The van der Waals surface area contributed by atoms with Crippen LogP contribution in [0.3, 0.4) is 0 Å². The van der Waals surface area contributed by atoms with E-state index in [1.54, 1.807) is 6.08 Å². The van der Waals surface area contributed by atoms with Gasteiger partial charge in [-0.05, 0) is 23.9 Å². The highest BCUT2D eigenvalue weighted by atomic mass is 14.0. The number of hydrogen-bond donors (Lipinski definition) is 0. The van der Waals surface area contributed by atoms with E-state index in [4.69, 9.17) is 2.74 Å². The van der Waals surface area contributed by atoms with Gasteiger partial charge in [-0.15, -0.1) is 0 Å². The zero-order chi connectivity index (χ0) is 10.0. The van der Waals surface area contributed by atoms with E-state index in [-0.39, 0.29) is 0 Å². The molecule has 2 rings (SSSR count). The van der Waals surface area contributed by atoms with E-state index in [1.165, 1.54) is 0 Å². The number of allylic oxidation sites excluding steroid dienone is 4. The molecule has 0 atom stereocenters. The van der Waals surface area contributed by atoms with Crippen molar-refractivity contribution in [3.05, 3.63) is 54.1 Å². The molecule has 0 heterocycles. The lowest BCUT2D eigenvalue weighted by atomic mass is 10.00. The third-order valence-electron chi connectivity index (χ3n) is 1.93. The third kappa shape index (κ3) is 1.48. The van der Waals surface area contributed by atoms with Crippen molar-refractivity contribution in [2.24, 2.45) is 0 Å². The molecule has 0 aliphatic heterocycles. The summed E-state index contributed by atoms with van der Waals surface area (Å²) < 4.78 is 15.0. The van der Waals surface area contributed by atoms with Crippen molar-refractivity contribution >= 4 is 5.57 Å². The minimum absolute atomic E-state index is 0.466. The molecule has 0 nitrogen and oxygen atoms in total. The van der Waals surface area contributed by atoms with E-state index in [0.29, 0.717) is 6.42 Å². The molecule has 0 saturated heterocycles. The van der Waals surface area contributed by atoms with Crippen LogP contribution in [0.4, 0.5) is 0 Å². The lowest BCUT2D eigenvalue weighted by Crippen LogP contribution is -1.84. The van der Waals surface area contributed by atoms with Crippen LogP contribution in [-0.2, 0) is 0 Å². The number of rotatable bonds is 1. The summed E-state index contributed by atoms with van der Waals surface area (Å²) in [7, 11) is 0. The van der Waals surface area contributed by atoms with Gasteiger partial charge in [-0.1, -0.05) is 48.6 Å². The molecular formula is C12H12. The Bertz CT molecular complexity index is 375. The fourth-order valence-electron chi connectivity index (χ4n) is 1.30. The van der Waals surface area contributed by atoms with E-state index in [1.807, 2.05) is 42.5 Å². The lowest BCUT2D eigenvalue weighted by Gasteiger charge is -2.05. The Hall–Kier alpha value is -1.30. The predicted molar refractivity (Wildman–Crippen MR) is 52.8 cm³/mol. The topological polar surface area (TPSA) is 0 Å². The summed E-state index contributed by atoms with van der Waals surface area (Å²) in [6.45, 7) is 0. The zero-order valence-electron chi connectivity index (χ0n) is 8.83. The summed E-state index contributed by atoms with van der Waals surface area (Å²) in [5, 5.41) is 0. The Labute approximate surface area is 76.0 Å². The van der Waals surface area contributed by atoms with Gasteiger partial charge in [0.1, 0.15) is 0 Å². The van der Waals surface area contributed by atoms with Crippen molar-refractivity contribution in [1.29, 1.82) is 0 Å². The smallest absolute Gasteiger partial charge is 0.0313 e. The maximum Gasteiger partial charge on any atom is 0.0313 e. The minimum atomic E-state index is -1.17. The Morgan fingerprint density at radius 3 is 2.67 bits per heavy atom. The molecule has 1 aliphatic rings. The first kappa shape index (κ1) is 5.36. The first-order chi connectivity index (χ1) is 6.67. The van der Waals surface area contributed by atoms with Crippen molar-refractivity contribution in [3.63, 3.8) is 0 Å². The summed E-state index contributed by atoms with van der Waals surface area (Å²) in [6.07, 6.45) is 4.75. The van der Waals surface area contributed by atoms with Crippen LogP contribution in [0.1, 0.15) is 21.1 Å². The molecule has 1 aliphatic carbocycles.